The lowest BCUT2D eigenvalue weighted by molar-refractivity contribution is -0.131. The molecule has 5 heterocycles. The zero-order valence-electron chi connectivity index (χ0n) is 31.5. The van der Waals surface area contributed by atoms with E-state index in [-0.39, 0.29) is 11.8 Å². The Hall–Kier alpha value is -5.33. The summed E-state index contributed by atoms with van der Waals surface area (Å²) in [4.78, 5) is 50.6. The number of thiazole rings is 1. The fourth-order valence-electron chi connectivity index (χ4n) is 9.09. The fourth-order valence-corrected chi connectivity index (χ4v) is 11.2. The van der Waals surface area contributed by atoms with Crippen molar-refractivity contribution in [1.82, 2.24) is 19.9 Å². The summed E-state index contributed by atoms with van der Waals surface area (Å²) < 4.78 is 3.60. The molecule has 6 aromatic rings. The summed E-state index contributed by atoms with van der Waals surface area (Å²) in [5.41, 5.74) is 9.17. The van der Waals surface area contributed by atoms with Gasteiger partial charge in [-0.25, -0.2) is 14.8 Å². The Morgan fingerprint density at radius 3 is 2.46 bits per heavy atom. The predicted molar refractivity (Wildman–Crippen MR) is 226 cm³/mol. The molecule has 0 unspecified atom stereocenters. The molecule has 10 nitrogen and oxygen atoms in total. The summed E-state index contributed by atoms with van der Waals surface area (Å²) in [7, 11) is 0. The SMILES string of the molecule is Cc1nc(C)c(-c2ccc3c4c(ccc3n2)-c2c(C3CCCCC3)c3sc(C(=O)NC5(C(=O)Nc6ccc(C=CC(=O)O)cc6)CCCC5)cc3n2CCN4)s1. The Morgan fingerprint density at radius 2 is 1.73 bits per heavy atom. The largest absolute Gasteiger partial charge is 0.478 e. The Labute approximate surface area is 333 Å². The van der Waals surface area contributed by atoms with Gasteiger partial charge in [0.2, 0.25) is 5.91 Å². The number of carbonyl (C=O) groups is 3. The van der Waals surface area contributed by atoms with Crippen LogP contribution in [0, 0.1) is 13.8 Å². The monoisotopic (exact) mass is 784 g/mol. The Bertz CT molecular complexity index is 2550. The highest BCUT2D eigenvalue weighted by atomic mass is 32.1. The number of carbonyl (C=O) groups excluding carboxylic acids is 2. The number of aliphatic carboxylic acids is 1. The summed E-state index contributed by atoms with van der Waals surface area (Å²) in [5.74, 6) is -1.07. The van der Waals surface area contributed by atoms with Gasteiger partial charge in [-0.2, -0.15) is 0 Å². The van der Waals surface area contributed by atoms with Crippen LogP contribution >= 0.6 is 22.7 Å². The van der Waals surface area contributed by atoms with Crippen molar-refractivity contribution in [2.45, 2.75) is 89.6 Å². The van der Waals surface area contributed by atoms with Crippen LogP contribution in [-0.4, -0.2) is 49.5 Å². The lowest BCUT2D eigenvalue weighted by Crippen LogP contribution is -2.54. The molecular formula is C44H44N6O4S2. The van der Waals surface area contributed by atoms with Crippen molar-refractivity contribution in [3.05, 3.63) is 87.4 Å². The molecule has 3 aliphatic rings. The summed E-state index contributed by atoms with van der Waals surface area (Å²) in [5, 5.41) is 21.1. The predicted octanol–water partition coefficient (Wildman–Crippen LogP) is 9.91. The number of benzene rings is 2. The third-order valence-corrected chi connectivity index (χ3v) is 14.0. The number of aryl methyl sites for hydroxylation is 2. The van der Waals surface area contributed by atoms with Gasteiger partial charge in [-0.05, 0) is 105 Å². The van der Waals surface area contributed by atoms with Crippen molar-refractivity contribution in [2.24, 2.45) is 0 Å². The van der Waals surface area contributed by atoms with Crippen LogP contribution in [0.2, 0.25) is 0 Å². The Kier molecular flexibility index (Phi) is 9.49. The quantitative estimate of drug-likeness (QED) is 0.113. The van der Waals surface area contributed by atoms with Gasteiger partial charge in [-0.15, -0.1) is 22.7 Å². The van der Waals surface area contributed by atoms with Crippen LogP contribution in [0.25, 0.3) is 49.0 Å². The molecular weight excluding hydrogens is 741 g/mol. The van der Waals surface area contributed by atoms with Gasteiger partial charge in [-0.1, -0.05) is 44.2 Å². The second-order valence-corrected chi connectivity index (χ2v) is 17.6. The average molecular weight is 785 g/mol. The lowest BCUT2D eigenvalue weighted by Gasteiger charge is -2.29. The molecule has 4 aromatic heterocycles. The topological polar surface area (TPSA) is 138 Å². The van der Waals surface area contributed by atoms with Crippen molar-refractivity contribution >= 4 is 79.0 Å². The first-order valence-electron chi connectivity index (χ1n) is 19.6. The van der Waals surface area contributed by atoms with E-state index in [1.54, 1.807) is 46.9 Å². The molecule has 286 valence electrons. The number of carboxylic acids is 1. The number of rotatable bonds is 8. The minimum absolute atomic E-state index is 0.215. The number of nitrogens with zero attached hydrogens (tertiary/aromatic N) is 3. The maximum Gasteiger partial charge on any atom is 0.328 e. The Balaban J connectivity index is 1.06. The molecule has 2 saturated carbocycles. The molecule has 0 atom stereocenters. The van der Waals surface area contributed by atoms with E-state index < -0.39 is 11.5 Å². The van der Waals surface area contributed by atoms with E-state index in [0.717, 1.165) is 88.2 Å². The first kappa shape index (κ1) is 36.3. The van der Waals surface area contributed by atoms with Gasteiger partial charge >= 0.3 is 5.97 Å². The highest BCUT2D eigenvalue weighted by Crippen LogP contribution is 2.50. The third-order valence-electron chi connectivity index (χ3n) is 11.7. The Morgan fingerprint density at radius 1 is 0.946 bits per heavy atom. The number of amides is 2. The number of pyridine rings is 1. The number of fused-ring (bicyclic) bond motifs is 7. The number of thiophene rings is 1. The zero-order valence-corrected chi connectivity index (χ0v) is 33.2. The first-order chi connectivity index (χ1) is 27.2. The zero-order chi connectivity index (χ0) is 38.6. The van der Waals surface area contributed by atoms with Crippen molar-refractivity contribution in [3.8, 4) is 21.8 Å². The standard InChI is InChI=1S/C44H44N6O4S2/c1-25-40(55-26(2)46-25)33-18-15-30-32(48-33)17-16-31-38(30)45-22-23-50-34-24-35(56-41(34)37(39(31)50)28-8-4-3-5-9-28)42(53)49-44(20-6-7-21-44)43(54)47-29-13-10-27(11-14-29)12-19-36(51)52/h10-19,24,28,45H,3-9,20-23H2,1-2H3,(H,47,54)(H,49,53)(H,51,52). The summed E-state index contributed by atoms with van der Waals surface area (Å²) in [6.45, 7) is 5.57. The number of hydrogen-bond donors (Lipinski definition) is 4. The molecule has 12 heteroatoms. The molecule has 2 aromatic carbocycles. The summed E-state index contributed by atoms with van der Waals surface area (Å²) in [6.07, 6.45) is 11.3. The lowest BCUT2D eigenvalue weighted by atomic mass is 9.83. The van der Waals surface area contributed by atoms with Gasteiger partial charge in [0.1, 0.15) is 5.54 Å². The molecule has 1 aliphatic heterocycles. The minimum atomic E-state index is -1.02. The molecule has 4 N–H and O–H groups in total. The summed E-state index contributed by atoms with van der Waals surface area (Å²) in [6, 6.07) is 17.8. The normalized spacial score (nSPS) is 16.8. The number of nitrogens with one attached hydrogen (secondary N) is 3. The maximum absolute atomic E-state index is 14.3. The van der Waals surface area contributed by atoms with Crippen LogP contribution in [0.15, 0.2) is 60.7 Å². The molecule has 56 heavy (non-hydrogen) atoms. The molecule has 0 bridgehead atoms. The van der Waals surface area contributed by atoms with E-state index in [1.807, 2.05) is 19.9 Å². The molecule has 0 spiro atoms. The van der Waals surface area contributed by atoms with E-state index in [4.69, 9.17) is 10.1 Å². The van der Waals surface area contributed by atoms with Crippen LogP contribution in [0.1, 0.15) is 95.2 Å². The molecule has 2 fully saturated rings. The molecule has 0 radical (unpaired) electrons. The van der Waals surface area contributed by atoms with E-state index in [0.29, 0.717) is 34.9 Å². The highest BCUT2D eigenvalue weighted by Gasteiger charge is 2.43. The number of hydrogen-bond acceptors (Lipinski definition) is 8. The number of carboxylic acid groups (broad SMARTS) is 1. The van der Waals surface area contributed by atoms with Gasteiger partial charge in [0.15, 0.2) is 0 Å². The number of aromatic nitrogens is 3. The molecule has 2 amide bonds. The van der Waals surface area contributed by atoms with Gasteiger partial charge in [0, 0.05) is 35.8 Å². The number of anilines is 2. The van der Waals surface area contributed by atoms with Gasteiger partial charge in [0.25, 0.3) is 5.91 Å². The van der Waals surface area contributed by atoms with E-state index in [1.165, 1.54) is 46.9 Å². The van der Waals surface area contributed by atoms with Crippen LogP contribution in [-0.2, 0) is 16.1 Å². The van der Waals surface area contributed by atoms with E-state index in [9.17, 15) is 14.4 Å². The molecule has 9 rings (SSSR count). The highest BCUT2D eigenvalue weighted by molar-refractivity contribution is 7.21. The van der Waals surface area contributed by atoms with E-state index in [2.05, 4.69) is 49.8 Å². The summed E-state index contributed by atoms with van der Waals surface area (Å²) >= 11 is 3.24. The second kappa shape index (κ2) is 14.6. The maximum atomic E-state index is 14.3. The second-order valence-electron chi connectivity index (χ2n) is 15.4. The minimum Gasteiger partial charge on any atom is -0.478 e. The first-order valence-corrected chi connectivity index (χ1v) is 21.2. The van der Waals surface area contributed by atoms with Gasteiger partial charge in [-0.3, -0.25) is 9.59 Å². The average Bonchev–Trinajstić information content (AvgIpc) is 3.96. The van der Waals surface area contributed by atoms with Crippen LogP contribution in [0.4, 0.5) is 11.4 Å². The van der Waals surface area contributed by atoms with Crippen LogP contribution in [0.3, 0.4) is 0 Å². The molecule has 0 saturated heterocycles. The van der Waals surface area contributed by atoms with Crippen molar-refractivity contribution in [3.63, 3.8) is 0 Å². The smallest absolute Gasteiger partial charge is 0.328 e. The molecule has 2 aliphatic carbocycles. The van der Waals surface area contributed by atoms with Crippen LogP contribution in [0.5, 0.6) is 0 Å². The van der Waals surface area contributed by atoms with Crippen molar-refractivity contribution in [1.29, 1.82) is 0 Å². The van der Waals surface area contributed by atoms with Gasteiger partial charge < -0.3 is 25.6 Å². The fraction of sp³-hybridized carbons (Fsp3) is 0.341. The van der Waals surface area contributed by atoms with Crippen LogP contribution < -0.4 is 16.0 Å². The third kappa shape index (κ3) is 6.58. The van der Waals surface area contributed by atoms with Gasteiger partial charge in [0.05, 0.1) is 53.3 Å². The van der Waals surface area contributed by atoms with Crippen molar-refractivity contribution in [2.75, 3.05) is 17.2 Å². The van der Waals surface area contributed by atoms with E-state index >= 15 is 0 Å². The van der Waals surface area contributed by atoms with Crippen molar-refractivity contribution < 1.29 is 19.5 Å².